The third-order valence-electron chi connectivity index (χ3n) is 3.08. The summed E-state index contributed by atoms with van der Waals surface area (Å²) >= 11 is 5.71. The lowest BCUT2D eigenvalue weighted by atomic mass is 10.1. The third kappa shape index (κ3) is 3.46. The number of benzene rings is 1. The van der Waals surface area contributed by atoms with Gasteiger partial charge in [0.15, 0.2) is 0 Å². The van der Waals surface area contributed by atoms with E-state index in [9.17, 15) is 14.5 Å². The van der Waals surface area contributed by atoms with Gasteiger partial charge in [0.05, 0.1) is 16.0 Å². The molecule has 0 bridgehead atoms. The van der Waals surface area contributed by atoms with E-state index >= 15 is 0 Å². The molecule has 0 amide bonds. The van der Waals surface area contributed by atoms with Crippen molar-refractivity contribution in [2.75, 3.05) is 5.32 Å². The number of hydrogen-bond acceptors (Lipinski definition) is 4. The molecular formula is C14H13ClFN3O2. The number of rotatable bonds is 4. The van der Waals surface area contributed by atoms with E-state index in [0.717, 1.165) is 0 Å². The largest absolute Gasteiger partial charge is 0.358 e. The van der Waals surface area contributed by atoms with Crippen molar-refractivity contribution in [1.82, 2.24) is 4.98 Å². The molecule has 0 aliphatic carbocycles. The minimum absolute atomic E-state index is 0.0953. The number of aromatic nitrogens is 1. The molecule has 0 saturated heterocycles. The second-order valence-corrected chi connectivity index (χ2v) is 5.09. The van der Waals surface area contributed by atoms with E-state index in [0.29, 0.717) is 11.1 Å². The van der Waals surface area contributed by atoms with Crippen molar-refractivity contribution in [1.29, 1.82) is 0 Å². The van der Waals surface area contributed by atoms with Crippen LogP contribution >= 0.6 is 11.6 Å². The average molecular weight is 310 g/mol. The lowest BCUT2D eigenvalue weighted by Gasteiger charge is -2.15. The number of hydrogen-bond donors (Lipinski definition) is 1. The van der Waals surface area contributed by atoms with E-state index in [-0.39, 0.29) is 28.4 Å². The number of aryl methyl sites for hydroxylation is 1. The number of nitrogens with one attached hydrogen (secondary N) is 1. The summed E-state index contributed by atoms with van der Waals surface area (Å²) in [6, 6.07) is 5.70. The summed E-state index contributed by atoms with van der Waals surface area (Å²) in [7, 11) is 0. The van der Waals surface area contributed by atoms with Crippen LogP contribution in [0.5, 0.6) is 0 Å². The predicted molar refractivity (Wildman–Crippen MR) is 79.1 cm³/mol. The van der Waals surface area contributed by atoms with Gasteiger partial charge < -0.3 is 5.32 Å². The van der Waals surface area contributed by atoms with Crippen molar-refractivity contribution >= 4 is 23.1 Å². The summed E-state index contributed by atoms with van der Waals surface area (Å²) in [5, 5.41) is 14.1. The third-order valence-corrected chi connectivity index (χ3v) is 3.29. The summed E-state index contributed by atoms with van der Waals surface area (Å²) in [5.74, 6) is -0.224. The molecular weight excluding hydrogens is 297 g/mol. The van der Waals surface area contributed by atoms with Crippen LogP contribution in [0.25, 0.3) is 0 Å². The maximum absolute atomic E-state index is 13.6. The van der Waals surface area contributed by atoms with Gasteiger partial charge in [-0.05, 0) is 31.0 Å². The minimum atomic E-state index is -0.566. The maximum Gasteiger partial charge on any atom is 0.312 e. The van der Waals surface area contributed by atoms with Gasteiger partial charge in [-0.2, -0.15) is 0 Å². The zero-order chi connectivity index (χ0) is 15.6. The Hall–Kier alpha value is -2.21. The fourth-order valence-corrected chi connectivity index (χ4v) is 2.00. The number of anilines is 1. The first-order valence-corrected chi connectivity index (χ1v) is 6.59. The number of pyridine rings is 1. The van der Waals surface area contributed by atoms with Gasteiger partial charge in [-0.15, -0.1) is 0 Å². The molecule has 5 nitrogen and oxygen atoms in total. The van der Waals surface area contributed by atoms with Crippen LogP contribution in [0.3, 0.4) is 0 Å². The molecule has 1 aromatic carbocycles. The monoisotopic (exact) mass is 309 g/mol. The standard InChI is InChI=1S/C14H13ClFN3O2/c1-8-3-4-10(5-12(8)16)9(2)18-14-13(19(20)21)6-11(15)7-17-14/h3-7,9H,1-2H3,(H,17,18). The Kier molecular flexibility index (Phi) is 4.37. The molecule has 2 rings (SSSR count). The second kappa shape index (κ2) is 6.05. The number of halogens is 2. The summed E-state index contributed by atoms with van der Waals surface area (Å²) in [6.45, 7) is 3.44. The predicted octanol–water partition coefficient (Wildman–Crippen LogP) is 4.26. The van der Waals surface area contributed by atoms with Crippen LogP contribution < -0.4 is 5.32 Å². The first-order valence-electron chi connectivity index (χ1n) is 6.21. The Balaban J connectivity index is 2.29. The summed E-state index contributed by atoms with van der Waals surface area (Å²) in [6.07, 6.45) is 1.32. The fraction of sp³-hybridized carbons (Fsp3) is 0.214. The van der Waals surface area contributed by atoms with E-state index in [1.165, 1.54) is 18.3 Å². The van der Waals surface area contributed by atoms with Gasteiger partial charge in [-0.1, -0.05) is 23.7 Å². The van der Waals surface area contributed by atoms with Gasteiger partial charge in [-0.25, -0.2) is 9.37 Å². The van der Waals surface area contributed by atoms with E-state index < -0.39 is 4.92 Å². The molecule has 1 aromatic heterocycles. The Labute approximate surface area is 125 Å². The molecule has 2 aromatic rings. The Morgan fingerprint density at radius 3 is 2.76 bits per heavy atom. The maximum atomic E-state index is 13.6. The molecule has 21 heavy (non-hydrogen) atoms. The van der Waals surface area contributed by atoms with Crippen molar-refractivity contribution in [3.63, 3.8) is 0 Å². The van der Waals surface area contributed by atoms with Crippen LogP contribution in [0.2, 0.25) is 5.02 Å². The highest BCUT2D eigenvalue weighted by Gasteiger charge is 2.18. The molecule has 1 unspecified atom stereocenters. The molecule has 7 heteroatoms. The van der Waals surface area contributed by atoms with Crippen LogP contribution in [0.4, 0.5) is 15.9 Å². The van der Waals surface area contributed by atoms with Crippen LogP contribution in [0, 0.1) is 22.9 Å². The Morgan fingerprint density at radius 1 is 1.43 bits per heavy atom. The molecule has 0 aliphatic heterocycles. The van der Waals surface area contributed by atoms with E-state index in [1.54, 1.807) is 26.0 Å². The smallest absolute Gasteiger partial charge is 0.312 e. The van der Waals surface area contributed by atoms with Crippen LogP contribution in [-0.4, -0.2) is 9.91 Å². The van der Waals surface area contributed by atoms with Crippen LogP contribution in [0.1, 0.15) is 24.1 Å². The Morgan fingerprint density at radius 2 is 2.14 bits per heavy atom. The zero-order valence-electron chi connectivity index (χ0n) is 11.4. The summed E-state index contributed by atoms with van der Waals surface area (Å²) in [5.41, 5.74) is 0.993. The highest BCUT2D eigenvalue weighted by atomic mass is 35.5. The minimum Gasteiger partial charge on any atom is -0.358 e. The number of nitro groups is 1. The molecule has 0 spiro atoms. The Bertz CT molecular complexity index is 694. The van der Waals surface area contributed by atoms with Crippen molar-refractivity contribution in [2.24, 2.45) is 0 Å². The average Bonchev–Trinajstić information content (AvgIpc) is 2.43. The quantitative estimate of drug-likeness (QED) is 0.676. The summed E-state index contributed by atoms with van der Waals surface area (Å²) < 4.78 is 13.6. The van der Waals surface area contributed by atoms with Gasteiger partial charge in [0.1, 0.15) is 5.82 Å². The van der Waals surface area contributed by atoms with E-state index in [2.05, 4.69) is 10.3 Å². The summed E-state index contributed by atoms with van der Waals surface area (Å²) in [4.78, 5) is 14.4. The molecule has 0 aliphatic rings. The van der Waals surface area contributed by atoms with Crippen molar-refractivity contribution in [3.8, 4) is 0 Å². The molecule has 110 valence electrons. The zero-order valence-corrected chi connectivity index (χ0v) is 12.2. The SMILES string of the molecule is Cc1ccc(C(C)Nc2ncc(Cl)cc2[N+](=O)[O-])cc1F. The highest BCUT2D eigenvalue weighted by molar-refractivity contribution is 6.30. The fourth-order valence-electron chi connectivity index (χ4n) is 1.85. The van der Waals surface area contributed by atoms with Gasteiger partial charge in [0, 0.05) is 12.3 Å². The van der Waals surface area contributed by atoms with E-state index in [1.807, 2.05) is 0 Å². The molecule has 1 N–H and O–H groups in total. The molecule has 0 fully saturated rings. The van der Waals surface area contributed by atoms with Crippen LogP contribution in [-0.2, 0) is 0 Å². The first-order chi connectivity index (χ1) is 9.88. The van der Waals surface area contributed by atoms with Crippen molar-refractivity contribution in [3.05, 3.63) is 62.5 Å². The first kappa shape index (κ1) is 15.2. The van der Waals surface area contributed by atoms with Gasteiger partial charge in [0.2, 0.25) is 5.82 Å². The molecule has 0 saturated carbocycles. The molecule has 1 atom stereocenters. The highest BCUT2D eigenvalue weighted by Crippen LogP contribution is 2.28. The van der Waals surface area contributed by atoms with E-state index in [4.69, 9.17) is 11.6 Å². The lowest BCUT2D eigenvalue weighted by molar-refractivity contribution is -0.384. The van der Waals surface area contributed by atoms with Crippen LogP contribution in [0.15, 0.2) is 30.5 Å². The molecule has 1 heterocycles. The van der Waals surface area contributed by atoms with Gasteiger partial charge in [0.25, 0.3) is 0 Å². The van der Waals surface area contributed by atoms with Crippen molar-refractivity contribution in [2.45, 2.75) is 19.9 Å². The normalized spacial score (nSPS) is 12.0. The van der Waals surface area contributed by atoms with Gasteiger partial charge in [-0.3, -0.25) is 10.1 Å². The van der Waals surface area contributed by atoms with Gasteiger partial charge >= 0.3 is 5.69 Å². The topological polar surface area (TPSA) is 68.1 Å². The van der Waals surface area contributed by atoms with Crippen molar-refractivity contribution < 1.29 is 9.31 Å². The number of nitrogens with zero attached hydrogens (tertiary/aromatic N) is 2. The lowest BCUT2D eigenvalue weighted by Crippen LogP contribution is -2.10. The molecule has 0 radical (unpaired) electrons. The second-order valence-electron chi connectivity index (χ2n) is 4.65.